The molecule has 2 N–H and O–H groups in total. The van der Waals surface area contributed by atoms with Gasteiger partial charge in [-0.15, -0.1) is 6.58 Å². The van der Waals surface area contributed by atoms with E-state index in [-0.39, 0.29) is 23.5 Å². The molecule has 2 atom stereocenters. The molecule has 1 aliphatic heterocycles. The topological polar surface area (TPSA) is 89.7 Å². The van der Waals surface area contributed by atoms with Crippen molar-refractivity contribution in [3.8, 4) is 0 Å². The molecule has 1 fully saturated rings. The molecule has 0 radical (unpaired) electrons. The molecule has 110 valence electrons. The van der Waals surface area contributed by atoms with Crippen molar-refractivity contribution < 1.29 is 17.9 Å². The zero-order valence-electron chi connectivity index (χ0n) is 11.2. The molecule has 1 aliphatic rings. The average Bonchev–Trinajstić information content (AvgIpc) is 2.70. The van der Waals surface area contributed by atoms with Gasteiger partial charge in [-0.25, -0.2) is 8.42 Å². The smallest absolute Gasteiger partial charge is 0.240 e. The lowest BCUT2D eigenvalue weighted by Gasteiger charge is -2.30. The van der Waals surface area contributed by atoms with Gasteiger partial charge in [0.2, 0.25) is 5.91 Å². The monoisotopic (exact) mass is 290 g/mol. The fourth-order valence-electron chi connectivity index (χ4n) is 2.18. The number of carbonyl (C=O) groups is 1. The van der Waals surface area contributed by atoms with Crippen LogP contribution >= 0.6 is 0 Å². The molecule has 1 amide bonds. The third-order valence-electron chi connectivity index (χ3n) is 3.21. The van der Waals surface area contributed by atoms with Crippen molar-refractivity contribution in [2.45, 2.75) is 24.9 Å². The van der Waals surface area contributed by atoms with E-state index in [1.807, 2.05) is 0 Å². The number of hydrogen-bond acceptors (Lipinski definition) is 5. The summed E-state index contributed by atoms with van der Waals surface area (Å²) < 4.78 is 28.0. The molecule has 1 heterocycles. The van der Waals surface area contributed by atoms with E-state index in [1.54, 1.807) is 11.0 Å². The summed E-state index contributed by atoms with van der Waals surface area (Å²) in [6.45, 7) is 4.28. The summed E-state index contributed by atoms with van der Waals surface area (Å²) in [6, 6.07) is -0.957. The van der Waals surface area contributed by atoms with Gasteiger partial charge in [0.1, 0.15) is 0 Å². The fraction of sp³-hybridized carbons (Fsp3) is 0.750. The lowest BCUT2D eigenvalue weighted by molar-refractivity contribution is -0.135. The zero-order chi connectivity index (χ0) is 14.5. The number of ether oxygens (including phenoxy) is 1. The first-order chi connectivity index (χ1) is 8.91. The Kier molecular flexibility index (Phi) is 5.96. The summed E-state index contributed by atoms with van der Waals surface area (Å²) in [6.07, 6.45) is 2.43. The number of sulfone groups is 1. The Morgan fingerprint density at radius 2 is 2.32 bits per heavy atom. The lowest BCUT2D eigenvalue weighted by atomic mass is 10.1. The summed E-state index contributed by atoms with van der Waals surface area (Å²) in [5, 5.41) is 0. The molecule has 19 heavy (non-hydrogen) atoms. The Labute approximate surface area is 114 Å². The lowest BCUT2D eigenvalue weighted by Crippen LogP contribution is -2.50. The van der Waals surface area contributed by atoms with Gasteiger partial charge in [-0.3, -0.25) is 4.79 Å². The minimum Gasteiger partial charge on any atom is -0.383 e. The number of hydrogen-bond donors (Lipinski definition) is 1. The summed E-state index contributed by atoms with van der Waals surface area (Å²) >= 11 is 0. The van der Waals surface area contributed by atoms with Crippen LogP contribution in [-0.4, -0.2) is 63.1 Å². The van der Waals surface area contributed by atoms with Crippen LogP contribution in [0.3, 0.4) is 0 Å². The van der Waals surface area contributed by atoms with E-state index in [2.05, 4.69) is 6.58 Å². The van der Waals surface area contributed by atoms with E-state index in [9.17, 15) is 13.2 Å². The highest BCUT2D eigenvalue weighted by molar-refractivity contribution is 7.91. The van der Waals surface area contributed by atoms with Crippen molar-refractivity contribution in [3.05, 3.63) is 12.7 Å². The molecular weight excluding hydrogens is 268 g/mol. The van der Waals surface area contributed by atoms with Crippen molar-refractivity contribution in [1.29, 1.82) is 0 Å². The molecule has 0 aromatic rings. The van der Waals surface area contributed by atoms with Crippen LogP contribution in [0.1, 0.15) is 12.8 Å². The van der Waals surface area contributed by atoms with Gasteiger partial charge < -0.3 is 15.4 Å². The molecule has 6 nitrogen and oxygen atoms in total. The molecular formula is C12H22N2O4S. The number of nitrogens with zero attached hydrogens (tertiary/aromatic N) is 1. The molecule has 2 unspecified atom stereocenters. The van der Waals surface area contributed by atoms with E-state index in [1.165, 1.54) is 7.11 Å². The van der Waals surface area contributed by atoms with Gasteiger partial charge in [-0.05, 0) is 12.8 Å². The minimum absolute atomic E-state index is 0.0171. The maximum atomic E-state index is 12.2. The van der Waals surface area contributed by atoms with Gasteiger partial charge in [0.05, 0.1) is 24.2 Å². The second-order valence-electron chi connectivity index (χ2n) is 4.71. The van der Waals surface area contributed by atoms with Crippen LogP contribution in [0, 0.1) is 0 Å². The van der Waals surface area contributed by atoms with E-state index in [0.29, 0.717) is 26.0 Å². The third kappa shape index (κ3) is 4.59. The normalized spacial score (nSPS) is 22.9. The highest BCUT2D eigenvalue weighted by Crippen LogP contribution is 2.18. The summed E-state index contributed by atoms with van der Waals surface area (Å²) in [4.78, 5) is 13.8. The van der Waals surface area contributed by atoms with Crippen LogP contribution in [0.4, 0.5) is 0 Å². The molecule has 0 aromatic heterocycles. The Hall–Kier alpha value is -0.920. The maximum Gasteiger partial charge on any atom is 0.240 e. The molecule has 0 saturated carbocycles. The van der Waals surface area contributed by atoms with Gasteiger partial charge in [0.25, 0.3) is 0 Å². The molecule has 0 bridgehead atoms. The van der Waals surface area contributed by atoms with Gasteiger partial charge in [-0.2, -0.15) is 0 Å². The van der Waals surface area contributed by atoms with E-state index in [0.717, 1.165) is 0 Å². The Bertz CT molecular complexity index is 421. The quantitative estimate of drug-likeness (QED) is 0.642. The van der Waals surface area contributed by atoms with Crippen LogP contribution in [0.15, 0.2) is 12.7 Å². The second-order valence-corrected chi connectivity index (χ2v) is 6.94. The second kappa shape index (κ2) is 7.02. The standard InChI is InChI=1S/C12H22N2O4S/c1-3-4-11(13)12(15)14(6-7-18-2)10-5-8-19(16,17)9-10/h3,10-11H,1,4-9,13H2,2H3. The predicted octanol–water partition coefficient (Wildman–Crippen LogP) is -0.448. The number of nitrogens with two attached hydrogens (primary N) is 1. The third-order valence-corrected chi connectivity index (χ3v) is 4.96. The predicted molar refractivity (Wildman–Crippen MR) is 73.4 cm³/mol. The largest absolute Gasteiger partial charge is 0.383 e. The van der Waals surface area contributed by atoms with Crippen LogP contribution in [0.2, 0.25) is 0 Å². The van der Waals surface area contributed by atoms with Crippen LogP contribution in [-0.2, 0) is 19.4 Å². The molecule has 1 rings (SSSR count). The van der Waals surface area contributed by atoms with E-state index < -0.39 is 15.9 Å². The van der Waals surface area contributed by atoms with Crippen molar-refractivity contribution in [1.82, 2.24) is 4.90 Å². The van der Waals surface area contributed by atoms with Crippen molar-refractivity contribution >= 4 is 15.7 Å². The first-order valence-electron chi connectivity index (χ1n) is 6.27. The fourth-order valence-corrected chi connectivity index (χ4v) is 3.91. The highest BCUT2D eigenvalue weighted by Gasteiger charge is 2.35. The molecule has 0 aromatic carbocycles. The summed E-state index contributed by atoms with van der Waals surface area (Å²) in [7, 11) is -1.49. The molecule has 0 aliphatic carbocycles. The minimum atomic E-state index is -3.03. The average molecular weight is 290 g/mol. The Balaban J connectivity index is 2.76. The number of carbonyl (C=O) groups excluding carboxylic acids is 1. The van der Waals surface area contributed by atoms with E-state index >= 15 is 0 Å². The van der Waals surface area contributed by atoms with Gasteiger partial charge in [0, 0.05) is 19.7 Å². The first kappa shape index (κ1) is 16.1. The Morgan fingerprint density at radius 1 is 1.63 bits per heavy atom. The van der Waals surface area contributed by atoms with Crippen LogP contribution in [0.25, 0.3) is 0 Å². The van der Waals surface area contributed by atoms with E-state index in [4.69, 9.17) is 10.5 Å². The summed E-state index contributed by atoms with van der Waals surface area (Å²) in [5.74, 6) is -0.0898. The maximum absolute atomic E-state index is 12.2. The SMILES string of the molecule is C=CCC(N)C(=O)N(CCOC)C1CCS(=O)(=O)C1. The van der Waals surface area contributed by atoms with Crippen LogP contribution < -0.4 is 5.73 Å². The molecule has 1 saturated heterocycles. The molecule has 7 heteroatoms. The van der Waals surface area contributed by atoms with Gasteiger partial charge >= 0.3 is 0 Å². The van der Waals surface area contributed by atoms with Crippen molar-refractivity contribution in [3.63, 3.8) is 0 Å². The van der Waals surface area contributed by atoms with Crippen molar-refractivity contribution in [2.24, 2.45) is 5.73 Å². The van der Waals surface area contributed by atoms with Crippen molar-refractivity contribution in [2.75, 3.05) is 31.8 Å². The number of amides is 1. The Morgan fingerprint density at radius 3 is 2.79 bits per heavy atom. The molecule has 0 spiro atoms. The van der Waals surface area contributed by atoms with Gasteiger partial charge in [-0.1, -0.05) is 6.08 Å². The number of methoxy groups -OCH3 is 1. The highest BCUT2D eigenvalue weighted by atomic mass is 32.2. The number of rotatable bonds is 7. The summed E-state index contributed by atoms with van der Waals surface area (Å²) in [5.41, 5.74) is 5.78. The zero-order valence-corrected chi connectivity index (χ0v) is 12.1. The first-order valence-corrected chi connectivity index (χ1v) is 8.09. The van der Waals surface area contributed by atoms with Crippen LogP contribution in [0.5, 0.6) is 0 Å². The van der Waals surface area contributed by atoms with Gasteiger partial charge in [0.15, 0.2) is 9.84 Å².